The molecule has 10 heteroatoms. The summed E-state index contributed by atoms with van der Waals surface area (Å²) in [6.45, 7) is -1.34. The van der Waals surface area contributed by atoms with E-state index in [1.54, 1.807) is 0 Å². The third-order valence-electron chi connectivity index (χ3n) is 3.40. The summed E-state index contributed by atoms with van der Waals surface area (Å²) in [5.74, 6) is -3.28. The number of carboxylic acid groups (broad SMARTS) is 1. The van der Waals surface area contributed by atoms with Gasteiger partial charge in [0.25, 0.3) is 0 Å². The van der Waals surface area contributed by atoms with Crippen molar-refractivity contribution in [3.63, 3.8) is 0 Å². The zero-order chi connectivity index (χ0) is 17.9. The van der Waals surface area contributed by atoms with Gasteiger partial charge in [0, 0.05) is 24.8 Å². The molecule has 132 valence electrons. The molecule has 1 unspecified atom stereocenters. The smallest absolute Gasteiger partial charge is 0.422 e. The fourth-order valence-corrected chi connectivity index (χ4v) is 2.20. The van der Waals surface area contributed by atoms with Gasteiger partial charge in [0.05, 0.1) is 5.92 Å². The van der Waals surface area contributed by atoms with E-state index in [1.165, 1.54) is 11.0 Å². The molecule has 1 heterocycles. The maximum Gasteiger partial charge on any atom is 0.422 e. The lowest BCUT2D eigenvalue weighted by Crippen LogP contribution is -2.33. The maximum absolute atomic E-state index is 13.7. The molecule has 1 aromatic rings. The van der Waals surface area contributed by atoms with E-state index in [4.69, 9.17) is 5.11 Å². The summed E-state index contributed by atoms with van der Waals surface area (Å²) >= 11 is 0. The summed E-state index contributed by atoms with van der Waals surface area (Å²) in [4.78, 5) is 24.1. The molecule has 0 aromatic heterocycles. The number of nitrogens with one attached hydrogen (secondary N) is 1. The molecule has 24 heavy (non-hydrogen) atoms. The van der Waals surface area contributed by atoms with Crippen LogP contribution in [0.2, 0.25) is 0 Å². The lowest BCUT2D eigenvalue weighted by molar-refractivity contribution is -0.153. The number of carbonyl (C=O) groups is 2. The maximum atomic E-state index is 13.7. The number of carboxylic acids is 1. The highest BCUT2D eigenvalue weighted by molar-refractivity contribution is 5.90. The Hall–Kier alpha value is -2.52. The molecular formula is C14H14F4N2O4. The number of amides is 2. The van der Waals surface area contributed by atoms with Crippen LogP contribution in [-0.2, 0) is 4.79 Å². The lowest BCUT2D eigenvalue weighted by atomic mass is 10.1. The van der Waals surface area contributed by atoms with Crippen LogP contribution in [0.5, 0.6) is 5.75 Å². The second-order valence-corrected chi connectivity index (χ2v) is 5.25. The minimum Gasteiger partial charge on any atom is -0.481 e. The first-order valence-corrected chi connectivity index (χ1v) is 6.93. The van der Waals surface area contributed by atoms with E-state index in [0.717, 1.165) is 12.1 Å². The van der Waals surface area contributed by atoms with Crippen LogP contribution in [0.4, 0.5) is 28.0 Å². The van der Waals surface area contributed by atoms with Gasteiger partial charge < -0.3 is 20.1 Å². The number of alkyl halides is 3. The second kappa shape index (κ2) is 6.93. The van der Waals surface area contributed by atoms with Gasteiger partial charge in [-0.3, -0.25) is 4.79 Å². The summed E-state index contributed by atoms with van der Waals surface area (Å²) < 4.78 is 54.1. The van der Waals surface area contributed by atoms with Gasteiger partial charge in [0.2, 0.25) is 0 Å². The summed E-state index contributed by atoms with van der Waals surface area (Å²) in [5, 5.41) is 11.2. The van der Waals surface area contributed by atoms with Gasteiger partial charge in [-0.25, -0.2) is 9.18 Å². The highest BCUT2D eigenvalue weighted by Gasteiger charge is 2.31. The number of benzene rings is 1. The molecule has 2 rings (SSSR count). The summed E-state index contributed by atoms with van der Waals surface area (Å²) in [5.41, 5.74) is 0.0237. The van der Waals surface area contributed by atoms with E-state index in [0.29, 0.717) is 6.42 Å². The first kappa shape index (κ1) is 17.8. The second-order valence-electron chi connectivity index (χ2n) is 5.25. The van der Waals surface area contributed by atoms with Gasteiger partial charge in [0.1, 0.15) is 0 Å². The monoisotopic (exact) mass is 350 g/mol. The van der Waals surface area contributed by atoms with Gasteiger partial charge in [-0.1, -0.05) is 0 Å². The van der Waals surface area contributed by atoms with E-state index in [2.05, 4.69) is 10.1 Å². The average Bonchev–Trinajstić information content (AvgIpc) is 2.95. The third kappa shape index (κ3) is 4.74. The van der Waals surface area contributed by atoms with Crippen molar-refractivity contribution in [1.82, 2.24) is 4.90 Å². The number of ether oxygens (including phenoxy) is 1. The normalized spacial score (nSPS) is 17.7. The molecule has 1 saturated heterocycles. The van der Waals surface area contributed by atoms with Gasteiger partial charge in [-0.15, -0.1) is 0 Å². The van der Waals surface area contributed by atoms with Crippen molar-refractivity contribution in [2.45, 2.75) is 12.6 Å². The third-order valence-corrected chi connectivity index (χ3v) is 3.40. The number of hydrogen-bond donors (Lipinski definition) is 2. The predicted molar refractivity (Wildman–Crippen MR) is 74.3 cm³/mol. The summed E-state index contributed by atoms with van der Waals surface area (Å²) in [6, 6.07) is 2.38. The number of aliphatic carboxylic acids is 1. The van der Waals surface area contributed by atoms with Crippen LogP contribution in [-0.4, -0.2) is 47.9 Å². The van der Waals surface area contributed by atoms with Gasteiger partial charge in [-0.05, 0) is 18.6 Å². The lowest BCUT2D eigenvalue weighted by Gasteiger charge is -2.17. The Morgan fingerprint density at radius 1 is 1.38 bits per heavy atom. The molecule has 0 bridgehead atoms. The highest BCUT2D eigenvalue weighted by atomic mass is 19.4. The highest BCUT2D eigenvalue weighted by Crippen LogP contribution is 2.25. The van der Waals surface area contributed by atoms with E-state index >= 15 is 0 Å². The van der Waals surface area contributed by atoms with E-state index in [9.17, 15) is 27.2 Å². The molecule has 1 aromatic carbocycles. The molecule has 1 aliphatic rings. The number of anilines is 1. The van der Waals surface area contributed by atoms with Gasteiger partial charge >= 0.3 is 18.2 Å². The first-order chi connectivity index (χ1) is 11.2. The number of hydrogen-bond acceptors (Lipinski definition) is 3. The zero-order valence-electron chi connectivity index (χ0n) is 12.3. The quantitative estimate of drug-likeness (QED) is 0.819. The fraction of sp³-hybridized carbons (Fsp3) is 0.429. The van der Waals surface area contributed by atoms with Crippen LogP contribution in [0.1, 0.15) is 6.42 Å². The Balaban J connectivity index is 1.95. The largest absolute Gasteiger partial charge is 0.481 e. The Morgan fingerprint density at radius 2 is 2.08 bits per heavy atom. The van der Waals surface area contributed by atoms with Gasteiger partial charge in [0.15, 0.2) is 18.2 Å². The minimum atomic E-state index is -4.59. The number of rotatable bonds is 4. The van der Waals surface area contributed by atoms with Crippen LogP contribution in [0.25, 0.3) is 0 Å². The molecule has 6 nitrogen and oxygen atoms in total. The van der Waals surface area contributed by atoms with Crippen molar-refractivity contribution < 1.29 is 37.0 Å². The van der Waals surface area contributed by atoms with Crippen LogP contribution in [0.15, 0.2) is 18.2 Å². The van der Waals surface area contributed by atoms with E-state index in [1.807, 2.05) is 0 Å². The molecular weight excluding hydrogens is 336 g/mol. The van der Waals surface area contributed by atoms with E-state index < -0.39 is 42.3 Å². The van der Waals surface area contributed by atoms with Crippen LogP contribution >= 0.6 is 0 Å². The molecule has 2 N–H and O–H groups in total. The Labute approximate surface area is 134 Å². The number of likely N-dealkylation sites (tertiary alicyclic amines) is 1. The molecule has 2 amide bonds. The van der Waals surface area contributed by atoms with Crippen molar-refractivity contribution in [3.05, 3.63) is 24.0 Å². The Kier molecular flexibility index (Phi) is 5.15. The van der Waals surface area contributed by atoms with Crippen molar-refractivity contribution in [2.24, 2.45) is 5.92 Å². The Bertz CT molecular complexity index is 636. The molecule has 0 saturated carbocycles. The first-order valence-electron chi connectivity index (χ1n) is 6.93. The molecule has 1 fully saturated rings. The molecule has 1 aliphatic heterocycles. The van der Waals surface area contributed by atoms with Crippen molar-refractivity contribution >= 4 is 17.7 Å². The molecule has 0 spiro atoms. The molecule has 1 atom stereocenters. The van der Waals surface area contributed by atoms with Crippen LogP contribution in [0, 0.1) is 11.7 Å². The van der Waals surface area contributed by atoms with E-state index in [-0.39, 0.29) is 18.8 Å². The average molecular weight is 350 g/mol. The van der Waals surface area contributed by atoms with Crippen molar-refractivity contribution in [3.8, 4) is 5.75 Å². The fourth-order valence-electron chi connectivity index (χ4n) is 2.20. The van der Waals surface area contributed by atoms with Gasteiger partial charge in [-0.2, -0.15) is 13.2 Å². The number of carbonyl (C=O) groups excluding carboxylic acids is 1. The molecule has 0 radical (unpaired) electrons. The minimum absolute atomic E-state index is 0.0237. The van der Waals surface area contributed by atoms with Crippen molar-refractivity contribution in [2.75, 3.05) is 25.0 Å². The SMILES string of the molecule is O=C(O)C1CCN(C(=O)Nc2ccc(OCC(F)(F)F)c(F)c2)C1. The number of halogens is 4. The van der Waals surface area contributed by atoms with Crippen LogP contribution < -0.4 is 10.1 Å². The molecule has 0 aliphatic carbocycles. The van der Waals surface area contributed by atoms with Crippen molar-refractivity contribution in [1.29, 1.82) is 0 Å². The standard InChI is InChI=1S/C14H14F4N2O4/c15-10-5-9(1-2-11(10)24-7-14(16,17)18)19-13(23)20-4-3-8(6-20)12(21)22/h1-2,5,8H,3-4,6-7H2,(H,19,23)(H,21,22). The van der Waals surface area contributed by atoms with Crippen LogP contribution in [0.3, 0.4) is 0 Å². The topological polar surface area (TPSA) is 78.9 Å². The predicted octanol–water partition coefficient (Wildman–Crippen LogP) is 2.71. The summed E-state index contributed by atoms with van der Waals surface area (Å²) in [6.07, 6.45) is -4.27. The zero-order valence-corrected chi connectivity index (χ0v) is 12.3. The number of urea groups is 1. The Morgan fingerprint density at radius 3 is 2.62 bits per heavy atom. The number of nitrogens with zero attached hydrogens (tertiary/aromatic N) is 1. The summed E-state index contributed by atoms with van der Waals surface area (Å²) in [7, 11) is 0.